The number of urea groups is 1. The van der Waals surface area contributed by atoms with Crippen molar-refractivity contribution in [2.45, 2.75) is 452 Å². The highest BCUT2D eigenvalue weighted by atomic mass is 32.2. The van der Waals surface area contributed by atoms with E-state index in [9.17, 15) is 28.2 Å². The quantitative estimate of drug-likeness (QED) is 0.0618. The topological polar surface area (TPSA) is 254 Å². The number of oxime groups is 1. The Morgan fingerprint density at radius 1 is 0.350 bits per heavy atom. The number of cyclic esters (lactones) is 1. The fraction of sp³-hybridized carbons (Fsp3) is 0.942. The normalized spacial score (nSPS) is 19.9. The van der Waals surface area contributed by atoms with Gasteiger partial charge in [-0.2, -0.15) is 0 Å². The zero-order chi connectivity index (χ0) is 99.6. The van der Waals surface area contributed by atoms with Gasteiger partial charge in [0.1, 0.15) is 16.7 Å². The van der Waals surface area contributed by atoms with Crippen LogP contribution in [0.3, 0.4) is 0 Å². The fourth-order valence-electron chi connectivity index (χ4n) is 18.7. The van der Waals surface area contributed by atoms with Crippen LogP contribution in [-0.4, -0.2) is 132 Å². The van der Waals surface area contributed by atoms with Crippen molar-refractivity contribution in [2.24, 2.45) is 128 Å². The van der Waals surface area contributed by atoms with E-state index in [2.05, 4.69) is 307 Å². The standard InChI is InChI=1S/2C10H19NO.2C10H21N.2C9H18N2O.C9H17NO2.C9H19NOS.C9H17NO.9C2H6/c1-7(2)10(8(3)4)5-9(12)11-6-10;1-7(2)10(8(3)4)6-5-9(12)11-10;1-8(2)10(9(3)4)5-6-11-7-10;1-8(2)10(9(3)4)6-5-7-11-10;1-6(2)9(7(3)4)8(12)10-5-11-9;1-6(2)9(7(3)4)5-10-8(12)11-9;1-6(2)9(7(3)4)5-10-8(11)12-9;1-7(2)9(8(3)4)5-10-12(11)6-9;1-7(2)9(8(3)4)5-6-10-11-9;9*1-2/h2*7-8H,5-6H2,1-4H3,(H,11,12);2*8-9,11H,5-7H2,1-4H3;6-7,11H,5H2,1-4H3,(H,10,12);6-7H,5H2,1-4H3,(H2,10,11,12);6-7H,5H2,1-4H3,(H,10,11);7-8,10H,5-6H2,1-4H3;6-8H,5H2,1-4H3;9*1-2H3. The van der Waals surface area contributed by atoms with Crippen molar-refractivity contribution in [1.82, 2.24) is 52.6 Å². The molecule has 19 nitrogen and oxygen atoms in total. The molecule has 0 bridgehead atoms. The van der Waals surface area contributed by atoms with Crippen LogP contribution < -0.4 is 52.6 Å². The number of nitrogens with one attached hydrogen (secondary N) is 10. The third-order valence-electron chi connectivity index (χ3n) is 27.9. The molecule has 9 rings (SSSR count). The molecule has 6 amide bonds. The molecule has 1 unspecified atom stereocenters. The summed E-state index contributed by atoms with van der Waals surface area (Å²) in [7, 11) is -0.783. The first kappa shape index (κ1) is 137. The number of carbonyl (C=O) groups excluding carboxylic acids is 5. The second-order valence-electron chi connectivity index (χ2n) is 38.1. The van der Waals surface area contributed by atoms with Crippen molar-refractivity contribution in [3.63, 3.8) is 0 Å². The summed E-state index contributed by atoms with van der Waals surface area (Å²) < 4.78 is 19.6. The van der Waals surface area contributed by atoms with Gasteiger partial charge >= 0.3 is 12.1 Å². The Labute approximate surface area is 771 Å². The van der Waals surface area contributed by atoms with Crippen LogP contribution in [0.15, 0.2) is 5.16 Å². The van der Waals surface area contributed by atoms with Crippen LogP contribution in [0.4, 0.5) is 9.59 Å². The zero-order valence-corrected chi connectivity index (χ0v) is 93.2. The van der Waals surface area contributed by atoms with Gasteiger partial charge in [0.05, 0.1) is 29.7 Å². The molecule has 0 aromatic carbocycles. The van der Waals surface area contributed by atoms with Crippen LogP contribution in [0.5, 0.6) is 0 Å². The SMILES string of the molecule is CC.CC.CC.CC.CC.CC.CC.CC.CC.CC(C)C1(C(C)C)CC=NO1.CC(C)C1(C(C)C)CCC(=O)N1.CC(C)C1(C(C)C)CCCN1.CC(C)C1(C(C)C)CCNC1.CC(C)C1(C(C)C)CNC(=O)C1.CC(C)C1(C(C)C)CNC(=O)N1.CC(C)C1(C(C)C)CNC(=O)O1.CC(C)C1(C(C)C)CNS(=O)C1.CC(C)C1(C(C)C)NCNC1=O. The van der Waals surface area contributed by atoms with Crippen molar-refractivity contribution >= 4 is 47.0 Å². The number of nitrogens with zero attached hydrogens (tertiary/aromatic N) is 1. The van der Waals surface area contributed by atoms with Gasteiger partial charge in [-0.05, 0) is 151 Å². The molecule has 744 valence electrons. The highest BCUT2D eigenvalue weighted by Gasteiger charge is 2.50. The summed E-state index contributed by atoms with van der Waals surface area (Å²) in [6.07, 6.45) is 9.06. The number of ether oxygens (including phenoxy) is 1. The van der Waals surface area contributed by atoms with E-state index < -0.39 is 11.0 Å². The Kier molecular flexibility index (Phi) is 78.5. The first-order chi connectivity index (χ1) is 57.2. The van der Waals surface area contributed by atoms with Crippen molar-refractivity contribution < 1.29 is 37.8 Å². The molecular weight excluding hydrogens is 1550 g/mol. The van der Waals surface area contributed by atoms with Crippen LogP contribution in [-0.2, 0) is 34.9 Å². The van der Waals surface area contributed by atoms with Gasteiger partial charge in [0.2, 0.25) is 17.7 Å². The molecule has 123 heavy (non-hydrogen) atoms. The summed E-state index contributed by atoms with van der Waals surface area (Å²) in [4.78, 5) is 61.3. The van der Waals surface area contributed by atoms with Crippen molar-refractivity contribution in [1.29, 1.82) is 0 Å². The molecule has 0 spiro atoms. The van der Waals surface area contributed by atoms with Gasteiger partial charge in [0, 0.05) is 79.3 Å². The van der Waals surface area contributed by atoms with E-state index in [0.29, 0.717) is 120 Å². The van der Waals surface area contributed by atoms with Gasteiger partial charge in [-0.25, -0.2) is 18.5 Å². The van der Waals surface area contributed by atoms with Crippen molar-refractivity contribution in [3.05, 3.63) is 0 Å². The van der Waals surface area contributed by atoms with Crippen LogP contribution in [0, 0.1) is 123 Å². The third kappa shape index (κ3) is 40.4. The van der Waals surface area contributed by atoms with Gasteiger partial charge in [0.25, 0.3) is 0 Å². The second kappa shape index (κ2) is 70.3. The molecule has 0 saturated carbocycles. The fourth-order valence-corrected chi connectivity index (χ4v) is 20.4. The molecular formula is C103H223N11O8S. The first-order valence-corrected chi connectivity index (χ1v) is 52.0. The van der Waals surface area contributed by atoms with E-state index in [0.717, 1.165) is 61.9 Å². The lowest BCUT2D eigenvalue weighted by molar-refractivity contribution is -0.127. The summed E-state index contributed by atoms with van der Waals surface area (Å²) >= 11 is 0. The van der Waals surface area contributed by atoms with Gasteiger partial charge in [0.15, 0.2) is 0 Å². The Morgan fingerprint density at radius 2 is 0.748 bits per heavy atom. The minimum absolute atomic E-state index is 0.0278. The summed E-state index contributed by atoms with van der Waals surface area (Å²) in [5.41, 5.74) is 0.840. The van der Waals surface area contributed by atoms with Gasteiger partial charge in [-0.1, -0.05) is 379 Å². The Bertz CT molecular complexity index is 2270. The molecule has 9 heterocycles. The van der Waals surface area contributed by atoms with Crippen molar-refractivity contribution in [2.75, 3.05) is 58.2 Å². The van der Waals surface area contributed by atoms with Crippen LogP contribution >= 0.6 is 0 Å². The summed E-state index contributed by atoms with van der Waals surface area (Å²) in [6.45, 7) is 123. The minimum atomic E-state index is -0.783. The van der Waals surface area contributed by atoms with Crippen LogP contribution in [0.1, 0.15) is 419 Å². The average Bonchev–Trinajstić information content (AvgIpc) is 1.68. The zero-order valence-electron chi connectivity index (χ0n) is 92.4. The Morgan fingerprint density at radius 3 is 0.894 bits per heavy atom. The summed E-state index contributed by atoms with van der Waals surface area (Å²) in [5.74, 6) is 11.4. The molecule has 10 N–H and O–H groups in total. The lowest BCUT2D eigenvalue weighted by Gasteiger charge is -2.38. The number of rotatable bonds is 18. The first-order valence-electron chi connectivity index (χ1n) is 50.7. The molecule has 1 atom stereocenters. The number of carbonyl (C=O) groups is 5. The average molecular weight is 1780 g/mol. The van der Waals surface area contributed by atoms with Gasteiger partial charge in [-0.15, -0.1) is 0 Å². The van der Waals surface area contributed by atoms with Gasteiger partial charge < -0.3 is 52.1 Å². The predicted molar refractivity (Wildman–Crippen MR) is 545 cm³/mol. The van der Waals surface area contributed by atoms with E-state index >= 15 is 0 Å². The Balaban J connectivity index is -0.000000166. The maximum absolute atomic E-state index is 11.6. The highest BCUT2D eigenvalue weighted by molar-refractivity contribution is 7.83. The molecule has 9 aliphatic rings. The van der Waals surface area contributed by atoms with E-state index in [1.165, 1.54) is 38.9 Å². The smallest absolute Gasteiger partial charge is 0.407 e. The van der Waals surface area contributed by atoms with E-state index in [1.54, 1.807) is 0 Å². The number of hydrogen-bond acceptors (Lipinski definition) is 12. The minimum Gasteiger partial charge on any atom is -0.441 e. The van der Waals surface area contributed by atoms with Crippen LogP contribution in [0.25, 0.3) is 0 Å². The summed E-state index contributed by atoms with van der Waals surface area (Å²) in [5, 5.41) is 31.7. The predicted octanol–water partition coefficient (Wildman–Crippen LogP) is 25.5. The number of amides is 6. The lowest BCUT2D eigenvalue weighted by Crippen LogP contribution is -2.55. The molecule has 8 fully saturated rings. The van der Waals surface area contributed by atoms with Crippen LogP contribution in [0.2, 0.25) is 0 Å². The summed E-state index contributed by atoms with van der Waals surface area (Å²) in [6, 6.07) is -0.0302. The molecule has 9 aliphatic heterocycles. The van der Waals surface area contributed by atoms with Gasteiger partial charge in [-0.3, -0.25) is 19.7 Å². The highest BCUT2D eigenvalue weighted by Crippen LogP contribution is 2.44. The molecule has 0 aromatic heterocycles. The molecule has 20 heteroatoms. The monoisotopic (exact) mass is 1770 g/mol. The molecule has 0 aromatic rings. The van der Waals surface area contributed by atoms with E-state index in [4.69, 9.17) is 9.57 Å². The molecule has 0 aliphatic carbocycles. The largest absolute Gasteiger partial charge is 0.441 e. The van der Waals surface area contributed by atoms with E-state index in [-0.39, 0.29) is 68.5 Å². The maximum Gasteiger partial charge on any atom is 0.407 e. The Hall–Kier alpha value is -3.59. The number of hydrogen-bond donors (Lipinski definition) is 10. The molecule has 0 radical (unpaired) electrons. The number of alkyl carbamates (subject to hydrolysis) is 1. The second-order valence-corrected chi connectivity index (χ2v) is 39.4. The third-order valence-corrected chi connectivity index (χ3v) is 29.1. The molecule has 8 saturated heterocycles. The van der Waals surface area contributed by atoms with Crippen molar-refractivity contribution in [3.8, 4) is 0 Å². The maximum atomic E-state index is 11.6. The lowest BCUT2D eigenvalue weighted by atomic mass is 9.68. The van der Waals surface area contributed by atoms with E-state index in [1.807, 2.05) is 131 Å².